The van der Waals surface area contributed by atoms with E-state index in [1.54, 1.807) is 38.5 Å². The van der Waals surface area contributed by atoms with Crippen molar-refractivity contribution in [1.82, 2.24) is 0 Å². The van der Waals surface area contributed by atoms with Crippen molar-refractivity contribution in [3.05, 3.63) is 69.8 Å². The molecule has 0 bridgehead atoms. The quantitative estimate of drug-likeness (QED) is 0.190. The van der Waals surface area contributed by atoms with Crippen LogP contribution in [0.25, 0.3) is 5.57 Å². The summed E-state index contributed by atoms with van der Waals surface area (Å²) in [5, 5.41) is 17.4. The molecule has 2 rings (SSSR count). The molecule has 6 heteroatoms. The van der Waals surface area contributed by atoms with Gasteiger partial charge in [0.2, 0.25) is 0 Å². The smallest absolute Gasteiger partial charge is 0.488 e. The fourth-order valence-electron chi connectivity index (χ4n) is 3.18. The number of unbranched alkanes of at least 4 members (excludes halogenated alkanes) is 2. The van der Waals surface area contributed by atoms with Gasteiger partial charge < -0.3 is 19.5 Å². The maximum Gasteiger partial charge on any atom is 0.488 e. The molecular formula is C30H46BIO4. The standard InChI is InChI=1S/C15H22O.C8H15I.C7H9BO3/c1-4-6-8-13(7-5-2)14-9-11-15(16-3)12-10-14;1-3-5-7-8(9)6-4-2;1-11-7-4-2-6(3-5-7)8(9)10/h8-12H,4-7H2,1-3H3;7H,3-6H2,1-2H3;2-5,9-10H,1H3/b13-8-;8-7-;. The lowest BCUT2D eigenvalue weighted by Crippen LogP contribution is -2.29. The fourth-order valence-corrected chi connectivity index (χ4v) is 4.03. The van der Waals surface area contributed by atoms with E-state index in [2.05, 4.69) is 74.6 Å². The van der Waals surface area contributed by atoms with Crippen molar-refractivity contribution in [3.63, 3.8) is 0 Å². The molecule has 0 radical (unpaired) electrons. The predicted molar refractivity (Wildman–Crippen MR) is 166 cm³/mol. The Morgan fingerprint density at radius 3 is 1.61 bits per heavy atom. The lowest BCUT2D eigenvalue weighted by Gasteiger charge is -2.07. The van der Waals surface area contributed by atoms with Crippen LogP contribution in [0.5, 0.6) is 11.5 Å². The van der Waals surface area contributed by atoms with Crippen LogP contribution in [0.15, 0.2) is 64.3 Å². The third kappa shape index (κ3) is 16.1. The normalized spacial score (nSPS) is 11.0. The molecule has 2 N–H and O–H groups in total. The van der Waals surface area contributed by atoms with E-state index in [0.29, 0.717) is 11.2 Å². The Kier molecular flexibility index (Phi) is 21.3. The summed E-state index contributed by atoms with van der Waals surface area (Å²) in [6.45, 7) is 8.88. The van der Waals surface area contributed by atoms with Gasteiger partial charge in [-0.05, 0) is 92.7 Å². The zero-order chi connectivity index (χ0) is 27.2. The molecule has 0 aromatic heterocycles. The number of hydrogen-bond donors (Lipinski definition) is 2. The average Bonchev–Trinajstić information content (AvgIpc) is 2.91. The maximum atomic E-state index is 8.70. The van der Waals surface area contributed by atoms with Gasteiger partial charge in [-0.25, -0.2) is 0 Å². The largest absolute Gasteiger partial charge is 0.497 e. The summed E-state index contributed by atoms with van der Waals surface area (Å²) in [5.74, 6) is 1.63. The van der Waals surface area contributed by atoms with Crippen molar-refractivity contribution in [2.24, 2.45) is 0 Å². The van der Waals surface area contributed by atoms with Crippen molar-refractivity contribution in [3.8, 4) is 11.5 Å². The number of hydrogen-bond acceptors (Lipinski definition) is 4. The van der Waals surface area contributed by atoms with Gasteiger partial charge in [-0.15, -0.1) is 0 Å². The maximum absolute atomic E-state index is 8.70. The molecule has 0 aliphatic rings. The zero-order valence-electron chi connectivity index (χ0n) is 23.1. The highest BCUT2D eigenvalue weighted by Crippen LogP contribution is 2.23. The third-order valence-electron chi connectivity index (χ3n) is 5.22. The lowest BCUT2D eigenvalue weighted by molar-refractivity contribution is 0.414. The highest BCUT2D eigenvalue weighted by molar-refractivity contribution is 14.1. The lowest BCUT2D eigenvalue weighted by atomic mass is 9.80. The zero-order valence-corrected chi connectivity index (χ0v) is 25.3. The molecule has 36 heavy (non-hydrogen) atoms. The minimum atomic E-state index is -1.40. The second-order valence-electron chi connectivity index (χ2n) is 8.33. The Balaban J connectivity index is 0.000000538. The number of allylic oxidation sites excluding steroid dienone is 4. The van der Waals surface area contributed by atoms with Crippen molar-refractivity contribution >= 4 is 40.7 Å². The van der Waals surface area contributed by atoms with Gasteiger partial charge in [-0.3, -0.25) is 0 Å². The summed E-state index contributed by atoms with van der Waals surface area (Å²) >= 11 is 2.43. The van der Waals surface area contributed by atoms with E-state index in [-0.39, 0.29) is 0 Å². The van der Waals surface area contributed by atoms with E-state index >= 15 is 0 Å². The molecule has 0 heterocycles. The van der Waals surface area contributed by atoms with Crippen molar-refractivity contribution < 1.29 is 19.5 Å². The molecule has 0 unspecified atom stereocenters. The van der Waals surface area contributed by atoms with Crippen LogP contribution in [-0.2, 0) is 0 Å². The second kappa shape index (κ2) is 22.4. The first kappa shape index (κ1) is 34.2. The van der Waals surface area contributed by atoms with Crippen LogP contribution in [0.3, 0.4) is 0 Å². The molecule has 0 saturated carbocycles. The van der Waals surface area contributed by atoms with Crippen LogP contribution in [-0.4, -0.2) is 31.4 Å². The highest BCUT2D eigenvalue weighted by atomic mass is 127. The van der Waals surface area contributed by atoms with Crippen LogP contribution < -0.4 is 14.9 Å². The van der Waals surface area contributed by atoms with Gasteiger partial charge in [0.25, 0.3) is 0 Å². The molecule has 200 valence electrons. The molecule has 0 atom stereocenters. The Labute approximate surface area is 234 Å². The second-order valence-corrected chi connectivity index (χ2v) is 9.72. The van der Waals surface area contributed by atoms with Gasteiger partial charge in [0.15, 0.2) is 0 Å². The summed E-state index contributed by atoms with van der Waals surface area (Å²) in [5.41, 5.74) is 3.26. The topological polar surface area (TPSA) is 58.9 Å². The van der Waals surface area contributed by atoms with E-state index in [1.807, 2.05) is 12.1 Å². The Hall–Kier alpha value is -1.77. The number of benzene rings is 2. The first-order valence-electron chi connectivity index (χ1n) is 13.0. The molecule has 2 aromatic carbocycles. The Morgan fingerprint density at radius 1 is 0.722 bits per heavy atom. The molecular weight excluding hydrogens is 562 g/mol. The van der Waals surface area contributed by atoms with Crippen LogP contribution in [0.1, 0.15) is 84.6 Å². The molecule has 4 nitrogen and oxygen atoms in total. The SMILES string of the molecule is CCC/C=C(/CCC)c1ccc(OC)cc1.CCC/C=C(\I)CCC.COc1ccc(B(O)O)cc1. The van der Waals surface area contributed by atoms with Crippen molar-refractivity contribution in [2.45, 2.75) is 79.1 Å². The van der Waals surface area contributed by atoms with Gasteiger partial charge in [0.1, 0.15) is 11.5 Å². The molecule has 0 fully saturated rings. The number of rotatable bonds is 12. The first-order chi connectivity index (χ1) is 17.4. The molecule has 0 aliphatic carbocycles. The summed E-state index contributed by atoms with van der Waals surface area (Å²) in [4.78, 5) is 0. The summed E-state index contributed by atoms with van der Waals surface area (Å²) < 4.78 is 11.6. The minimum Gasteiger partial charge on any atom is -0.497 e. The van der Waals surface area contributed by atoms with Gasteiger partial charge in [-0.2, -0.15) is 0 Å². The van der Waals surface area contributed by atoms with Crippen LogP contribution in [0.2, 0.25) is 0 Å². The van der Waals surface area contributed by atoms with E-state index in [1.165, 1.54) is 59.7 Å². The van der Waals surface area contributed by atoms with E-state index < -0.39 is 7.12 Å². The molecule has 2 aromatic rings. The Bertz CT molecular complexity index is 846. The van der Waals surface area contributed by atoms with E-state index in [4.69, 9.17) is 19.5 Å². The summed E-state index contributed by atoms with van der Waals surface area (Å²) in [6, 6.07) is 14.9. The fraction of sp³-hybridized carbons (Fsp3) is 0.467. The third-order valence-corrected chi connectivity index (χ3v) is 6.20. The average molecular weight is 608 g/mol. The van der Waals surface area contributed by atoms with Crippen LogP contribution in [0.4, 0.5) is 0 Å². The van der Waals surface area contributed by atoms with Gasteiger partial charge in [0, 0.05) is 0 Å². The summed E-state index contributed by atoms with van der Waals surface area (Å²) in [7, 11) is 1.86. The monoisotopic (exact) mass is 608 g/mol. The number of methoxy groups -OCH3 is 2. The van der Waals surface area contributed by atoms with E-state index in [0.717, 1.165) is 12.2 Å². The highest BCUT2D eigenvalue weighted by Gasteiger charge is 2.09. The van der Waals surface area contributed by atoms with Crippen LogP contribution >= 0.6 is 22.6 Å². The molecule has 0 spiro atoms. The molecule has 0 amide bonds. The number of halogens is 1. The van der Waals surface area contributed by atoms with Crippen molar-refractivity contribution in [2.75, 3.05) is 14.2 Å². The summed E-state index contributed by atoms with van der Waals surface area (Å²) in [6.07, 6.45) is 14.5. The molecule has 0 saturated heterocycles. The van der Waals surface area contributed by atoms with Crippen LogP contribution in [0, 0.1) is 0 Å². The first-order valence-corrected chi connectivity index (χ1v) is 14.1. The van der Waals surface area contributed by atoms with Gasteiger partial charge in [-0.1, -0.05) is 89.8 Å². The minimum absolute atomic E-state index is 0.464. The van der Waals surface area contributed by atoms with E-state index in [9.17, 15) is 0 Å². The Morgan fingerprint density at radius 2 is 1.19 bits per heavy atom. The van der Waals surface area contributed by atoms with Gasteiger partial charge >= 0.3 is 7.12 Å². The number of ether oxygens (including phenoxy) is 2. The predicted octanol–water partition coefficient (Wildman–Crippen LogP) is 7.96. The van der Waals surface area contributed by atoms with Crippen molar-refractivity contribution in [1.29, 1.82) is 0 Å². The van der Waals surface area contributed by atoms with Gasteiger partial charge in [0.05, 0.1) is 14.2 Å². The molecule has 0 aliphatic heterocycles.